The first kappa shape index (κ1) is 13.4. The van der Waals surface area contributed by atoms with Crippen LogP contribution in [0.25, 0.3) is 11.3 Å². The number of anilines is 1. The highest BCUT2D eigenvalue weighted by molar-refractivity contribution is 5.62. The van der Waals surface area contributed by atoms with Crippen LogP contribution in [0.5, 0.6) is 0 Å². The standard InChI is InChI=1S/C14H15F2N3/c1-14(2,3)13-18-11(7-12(17)19-13)8-4-9(15)6-10(16)5-8/h4-7H,1-3H3,(H2,17,18,19). The summed E-state index contributed by atoms with van der Waals surface area (Å²) < 4.78 is 26.5. The Kier molecular flexibility index (Phi) is 3.22. The molecule has 0 aliphatic rings. The van der Waals surface area contributed by atoms with Crippen LogP contribution in [-0.2, 0) is 5.41 Å². The van der Waals surface area contributed by atoms with Crippen LogP contribution in [0.15, 0.2) is 24.3 Å². The summed E-state index contributed by atoms with van der Waals surface area (Å²) in [5.41, 5.74) is 6.19. The fourth-order valence-electron chi connectivity index (χ4n) is 1.65. The Balaban J connectivity index is 2.59. The van der Waals surface area contributed by atoms with E-state index in [1.165, 1.54) is 18.2 Å². The smallest absolute Gasteiger partial charge is 0.136 e. The van der Waals surface area contributed by atoms with Gasteiger partial charge in [0.1, 0.15) is 23.3 Å². The highest BCUT2D eigenvalue weighted by Crippen LogP contribution is 2.25. The van der Waals surface area contributed by atoms with E-state index in [1.54, 1.807) is 0 Å². The molecule has 0 unspecified atom stereocenters. The molecular weight excluding hydrogens is 248 g/mol. The van der Waals surface area contributed by atoms with Gasteiger partial charge in [0.05, 0.1) is 5.69 Å². The molecule has 1 aromatic heterocycles. The molecule has 5 heteroatoms. The second kappa shape index (κ2) is 4.57. The molecule has 0 amide bonds. The number of nitrogens with two attached hydrogens (primary N) is 1. The van der Waals surface area contributed by atoms with Crippen LogP contribution >= 0.6 is 0 Å². The second-order valence-electron chi connectivity index (χ2n) is 5.41. The number of halogens is 2. The molecule has 0 aliphatic carbocycles. The highest BCUT2D eigenvalue weighted by atomic mass is 19.1. The average molecular weight is 263 g/mol. The summed E-state index contributed by atoms with van der Waals surface area (Å²) in [6.07, 6.45) is 0. The Hall–Kier alpha value is -2.04. The first-order chi connectivity index (χ1) is 8.75. The third-order valence-electron chi connectivity index (χ3n) is 2.58. The van der Waals surface area contributed by atoms with Gasteiger partial charge in [0.25, 0.3) is 0 Å². The molecule has 2 N–H and O–H groups in total. The minimum Gasteiger partial charge on any atom is -0.384 e. The van der Waals surface area contributed by atoms with E-state index in [0.29, 0.717) is 17.1 Å². The molecule has 0 radical (unpaired) electrons. The van der Waals surface area contributed by atoms with E-state index in [-0.39, 0.29) is 11.2 Å². The van der Waals surface area contributed by atoms with Crippen molar-refractivity contribution in [2.45, 2.75) is 26.2 Å². The Labute approximate surface area is 110 Å². The first-order valence-corrected chi connectivity index (χ1v) is 5.87. The van der Waals surface area contributed by atoms with Crippen molar-refractivity contribution in [3.8, 4) is 11.3 Å². The van der Waals surface area contributed by atoms with Crippen molar-refractivity contribution in [1.82, 2.24) is 9.97 Å². The second-order valence-corrected chi connectivity index (χ2v) is 5.41. The minimum atomic E-state index is -0.649. The maximum Gasteiger partial charge on any atom is 0.136 e. The van der Waals surface area contributed by atoms with Crippen LogP contribution < -0.4 is 5.73 Å². The van der Waals surface area contributed by atoms with Gasteiger partial charge in [0.2, 0.25) is 0 Å². The van der Waals surface area contributed by atoms with Gasteiger partial charge in [-0.3, -0.25) is 0 Å². The van der Waals surface area contributed by atoms with Gasteiger partial charge in [0.15, 0.2) is 0 Å². The average Bonchev–Trinajstić information content (AvgIpc) is 2.25. The highest BCUT2D eigenvalue weighted by Gasteiger charge is 2.19. The zero-order chi connectivity index (χ0) is 14.2. The van der Waals surface area contributed by atoms with Crippen molar-refractivity contribution in [2.75, 3.05) is 5.73 Å². The zero-order valence-electron chi connectivity index (χ0n) is 11.0. The van der Waals surface area contributed by atoms with Crippen LogP contribution in [0.3, 0.4) is 0 Å². The van der Waals surface area contributed by atoms with Gasteiger partial charge in [0, 0.05) is 23.1 Å². The van der Waals surface area contributed by atoms with E-state index in [9.17, 15) is 8.78 Å². The largest absolute Gasteiger partial charge is 0.384 e. The summed E-state index contributed by atoms with van der Waals surface area (Å²) in [5, 5.41) is 0. The van der Waals surface area contributed by atoms with Gasteiger partial charge in [-0.1, -0.05) is 20.8 Å². The van der Waals surface area contributed by atoms with Crippen molar-refractivity contribution in [1.29, 1.82) is 0 Å². The molecule has 0 bridgehead atoms. The Morgan fingerprint density at radius 3 is 2.05 bits per heavy atom. The minimum absolute atomic E-state index is 0.277. The van der Waals surface area contributed by atoms with Crippen LogP contribution in [0.2, 0.25) is 0 Å². The lowest BCUT2D eigenvalue weighted by Gasteiger charge is -2.17. The lowest BCUT2D eigenvalue weighted by Crippen LogP contribution is -2.17. The quantitative estimate of drug-likeness (QED) is 0.858. The molecule has 19 heavy (non-hydrogen) atoms. The predicted octanol–water partition coefficient (Wildman–Crippen LogP) is 3.30. The molecule has 100 valence electrons. The van der Waals surface area contributed by atoms with Crippen molar-refractivity contribution >= 4 is 5.82 Å². The normalized spacial score (nSPS) is 11.6. The Bertz CT molecular complexity index is 598. The number of nitrogens with zero attached hydrogens (tertiary/aromatic N) is 2. The molecule has 1 aromatic carbocycles. The number of hydrogen-bond acceptors (Lipinski definition) is 3. The van der Waals surface area contributed by atoms with E-state index in [1.807, 2.05) is 20.8 Å². The molecule has 0 atom stereocenters. The van der Waals surface area contributed by atoms with Crippen molar-refractivity contribution in [2.24, 2.45) is 0 Å². The molecule has 3 nitrogen and oxygen atoms in total. The van der Waals surface area contributed by atoms with E-state index >= 15 is 0 Å². The third-order valence-corrected chi connectivity index (χ3v) is 2.58. The molecule has 0 spiro atoms. The maximum atomic E-state index is 13.2. The van der Waals surface area contributed by atoms with Crippen LogP contribution in [0.1, 0.15) is 26.6 Å². The molecule has 0 fully saturated rings. The van der Waals surface area contributed by atoms with Gasteiger partial charge in [-0.25, -0.2) is 18.7 Å². The third kappa shape index (κ3) is 3.05. The summed E-state index contributed by atoms with van der Waals surface area (Å²) in [4.78, 5) is 8.49. The summed E-state index contributed by atoms with van der Waals surface area (Å²) in [6.45, 7) is 5.83. The van der Waals surface area contributed by atoms with Gasteiger partial charge < -0.3 is 5.73 Å². The summed E-state index contributed by atoms with van der Waals surface area (Å²) in [6, 6.07) is 4.76. The van der Waals surface area contributed by atoms with Gasteiger partial charge in [-0.2, -0.15) is 0 Å². The summed E-state index contributed by atoms with van der Waals surface area (Å²) in [5.74, 6) is -0.485. The van der Waals surface area contributed by atoms with Crippen LogP contribution in [0, 0.1) is 11.6 Å². The van der Waals surface area contributed by atoms with E-state index < -0.39 is 11.6 Å². The van der Waals surface area contributed by atoms with Gasteiger partial charge in [-0.15, -0.1) is 0 Å². The van der Waals surface area contributed by atoms with Crippen molar-refractivity contribution in [3.05, 3.63) is 41.7 Å². The van der Waals surface area contributed by atoms with E-state index in [4.69, 9.17) is 5.73 Å². The molecular formula is C14H15F2N3. The number of nitrogen functional groups attached to an aromatic ring is 1. The van der Waals surface area contributed by atoms with E-state index in [2.05, 4.69) is 9.97 Å². The van der Waals surface area contributed by atoms with Crippen LogP contribution in [-0.4, -0.2) is 9.97 Å². The molecule has 2 aromatic rings. The SMILES string of the molecule is CC(C)(C)c1nc(N)cc(-c2cc(F)cc(F)c2)n1. The fourth-order valence-corrected chi connectivity index (χ4v) is 1.65. The molecule has 1 heterocycles. The zero-order valence-corrected chi connectivity index (χ0v) is 11.0. The molecule has 0 saturated carbocycles. The molecule has 0 saturated heterocycles. The topological polar surface area (TPSA) is 51.8 Å². The van der Waals surface area contributed by atoms with Crippen molar-refractivity contribution < 1.29 is 8.78 Å². The lowest BCUT2D eigenvalue weighted by atomic mass is 9.95. The van der Waals surface area contributed by atoms with Gasteiger partial charge in [-0.05, 0) is 12.1 Å². The number of hydrogen-bond donors (Lipinski definition) is 1. The number of aromatic nitrogens is 2. The maximum absolute atomic E-state index is 13.2. The summed E-state index contributed by atoms with van der Waals surface area (Å²) >= 11 is 0. The lowest BCUT2D eigenvalue weighted by molar-refractivity contribution is 0.547. The monoisotopic (exact) mass is 263 g/mol. The molecule has 2 rings (SSSR count). The fraction of sp³-hybridized carbons (Fsp3) is 0.286. The predicted molar refractivity (Wildman–Crippen MR) is 70.5 cm³/mol. The number of rotatable bonds is 1. The summed E-state index contributed by atoms with van der Waals surface area (Å²) in [7, 11) is 0. The Morgan fingerprint density at radius 2 is 1.53 bits per heavy atom. The van der Waals surface area contributed by atoms with E-state index in [0.717, 1.165) is 6.07 Å². The van der Waals surface area contributed by atoms with Crippen LogP contribution in [0.4, 0.5) is 14.6 Å². The number of benzene rings is 1. The van der Waals surface area contributed by atoms with Gasteiger partial charge >= 0.3 is 0 Å². The Morgan fingerprint density at radius 1 is 0.947 bits per heavy atom. The molecule has 0 aliphatic heterocycles. The van der Waals surface area contributed by atoms with Crippen molar-refractivity contribution in [3.63, 3.8) is 0 Å². The first-order valence-electron chi connectivity index (χ1n) is 5.87.